The molecule has 0 unspecified atom stereocenters. The second-order valence-electron chi connectivity index (χ2n) is 4.01. The van der Waals surface area contributed by atoms with Gasteiger partial charge in [0, 0.05) is 0 Å². The quantitative estimate of drug-likeness (QED) is 0.751. The molecule has 1 heterocycles. The van der Waals surface area contributed by atoms with Crippen molar-refractivity contribution in [3.63, 3.8) is 0 Å². The van der Waals surface area contributed by atoms with Crippen LogP contribution in [0.15, 0.2) is 35.3 Å². The van der Waals surface area contributed by atoms with E-state index >= 15 is 0 Å². The Morgan fingerprint density at radius 2 is 1.84 bits per heavy atom. The van der Waals surface area contributed by atoms with Gasteiger partial charge in [0.05, 0.1) is 13.2 Å². The van der Waals surface area contributed by atoms with E-state index in [0.29, 0.717) is 13.2 Å². The molecule has 0 amide bonds. The summed E-state index contributed by atoms with van der Waals surface area (Å²) in [5.41, 5.74) is 0.907. The van der Waals surface area contributed by atoms with E-state index < -0.39 is 19.5 Å². The summed E-state index contributed by atoms with van der Waals surface area (Å²) in [7, 11) is -3.31. The van der Waals surface area contributed by atoms with Crippen LogP contribution < -0.4 is 0 Å². The molecule has 0 aromatic heterocycles. The highest BCUT2D eigenvalue weighted by atomic mass is 31.2. The van der Waals surface area contributed by atoms with Crippen LogP contribution in [0.25, 0.3) is 0 Å². The zero-order chi connectivity index (χ0) is 13.7. The van der Waals surface area contributed by atoms with Gasteiger partial charge in [0.2, 0.25) is 0 Å². The number of benzene rings is 1. The van der Waals surface area contributed by atoms with Gasteiger partial charge in [-0.15, -0.1) is 0 Å². The second kappa shape index (κ2) is 6.33. The molecule has 0 saturated heterocycles. The topological polar surface area (TPSA) is 57.1 Å². The minimum absolute atomic E-state index is 0.310. The van der Waals surface area contributed by atoms with Gasteiger partial charge < -0.3 is 13.8 Å². The normalized spacial score (nSPS) is 22.4. The van der Waals surface area contributed by atoms with Crippen molar-refractivity contribution in [3.05, 3.63) is 35.9 Å². The molecule has 0 fully saturated rings. The van der Waals surface area contributed by atoms with Crippen molar-refractivity contribution in [2.45, 2.75) is 25.7 Å². The van der Waals surface area contributed by atoms with Gasteiger partial charge in [-0.2, -0.15) is 0 Å². The van der Waals surface area contributed by atoms with Crippen molar-refractivity contribution in [3.8, 4) is 0 Å². The van der Waals surface area contributed by atoms with Crippen molar-refractivity contribution in [2.24, 2.45) is 4.99 Å². The molecule has 0 aliphatic carbocycles. The number of ether oxygens (including phenoxy) is 1. The van der Waals surface area contributed by atoms with E-state index in [4.69, 9.17) is 13.8 Å². The van der Waals surface area contributed by atoms with Gasteiger partial charge in [0.15, 0.2) is 18.3 Å². The van der Waals surface area contributed by atoms with Gasteiger partial charge in [-0.1, -0.05) is 30.3 Å². The summed E-state index contributed by atoms with van der Waals surface area (Å²) >= 11 is 0. The molecule has 1 aromatic rings. The first-order chi connectivity index (χ1) is 9.21. The van der Waals surface area contributed by atoms with E-state index in [-0.39, 0.29) is 0 Å². The Hall–Kier alpha value is -1.16. The molecule has 0 spiro atoms. The highest BCUT2D eigenvalue weighted by molar-refractivity contribution is 7.54. The fourth-order valence-electron chi connectivity index (χ4n) is 2.00. The van der Waals surface area contributed by atoms with E-state index in [1.807, 2.05) is 30.3 Å². The monoisotopic (exact) mass is 283 g/mol. The minimum atomic E-state index is -3.31. The molecule has 0 saturated carbocycles. The van der Waals surface area contributed by atoms with Crippen LogP contribution in [0, 0.1) is 0 Å². The van der Waals surface area contributed by atoms with Crippen molar-refractivity contribution in [1.29, 1.82) is 0 Å². The molecule has 1 aromatic carbocycles. The lowest BCUT2D eigenvalue weighted by molar-refractivity contribution is 0.175. The van der Waals surface area contributed by atoms with Gasteiger partial charge in [-0.3, -0.25) is 4.57 Å². The maximum Gasteiger partial charge on any atom is 0.359 e. The van der Waals surface area contributed by atoms with E-state index in [9.17, 15) is 4.57 Å². The Morgan fingerprint density at radius 1 is 1.21 bits per heavy atom. The molecule has 2 atom stereocenters. The van der Waals surface area contributed by atoms with Crippen LogP contribution in [0.2, 0.25) is 0 Å². The third-order valence-corrected chi connectivity index (χ3v) is 5.05. The van der Waals surface area contributed by atoms with Crippen LogP contribution in [-0.2, 0) is 18.3 Å². The lowest BCUT2D eigenvalue weighted by atomic mass is 10.1. The maximum absolute atomic E-state index is 12.8. The number of aliphatic imine (C=N–C) groups is 1. The highest BCUT2D eigenvalue weighted by Crippen LogP contribution is 2.59. The first-order valence-electron chi connectivity index (χ1n) is 6.32. The van der Waals surface area contributed by atoms with Crippen LogP contribution in [0.4, 0.5) is 0 Å². The number of hydrogen-bond donors (Lipinski definition) is 0. The second-order valence-corrected chi connectivity index (χ2v) is 6.14. The van der Waals surface area contributed by atoms with Crippen LogP contribution in [0.3, 0.4) is 0 Å². The van der Waals surface area contributed by atoms with Gasteiger partial charge >= 0.3 is 7.60 Å². The summed E-state index contributed by atoms with van der Waals surface area (Å²) in [4.78, 5) is 4.14. The predicted octanol–water partition coefficient (Wildman–Crippen LogP) is 3.38. The zero-order valence-electron chi connectivity index (χ0n) is 11.1. The van der Waals surface area contributed by atoms with Crippen LogP contribution in [-0.4, -0.2) is 25.4 Å². The first-order valence-corrected chi connectivity index (χ1v) is 7.93. The van der Waals surface area contributed by atoms with E-state index in [2.05, 4.69) is 4.99 Å². The van der Waals surface area contributed by atoms with Gasteiger partial charge in [-0.05, 0) is 19.4 Å². The van der Waals surface area contributed by atoms with E-state index in [1.165, 1.54) is 6.40 Å². The number of nitrogens with zero attached hydrogens (tertiary/aromatic N) is 1. The summed E-state index contributed by atoms with van der Waals surface area (Å²) in [5.74, 6) is -0.644. The van der Waals surface area contributed by atoms with E-state index in [1.54, 1.807) is 13.8 Å². The molecule has 1 aliphatic rings. The zero-order valence-corrected chi connectivity index (χ0v) is 12.0. The molecule has 19 heavy (non-hydrogen) atoms. The fraction of sp³-hybridized carbons (Fsp3) is 0.462. The molecule has 6 heteroatoms. The first kappa shape index (κ1) is 14.3. The van der Waals surface area contributed by atoms with Crippen LogP contribution in [0.1, 0.15) is 25.5 Å². The Morgan fingerprint density at radius 3 is 2.42 bits per heavy atom. The summed E-state index contributed by atoms with van der Waals surface area (Å²) in [5, 5.41) is 0. The molecule has 0 N–H and O–H groups in total. The standard InChI is InChI=1S/C13H18NO4P/c1-3-17-19(15,18-4-2)13-12(16-10-14-13)11-8-6-5-7-9-11/h5-10,12-13H,3-4H2,1-2H3/t12-,13-/m1/s1. The fourth-order valence-corrected chi connectivity index (χ4v) is 3.89. The van der Waals surface area contributed by atoms with Gasteiger partial charge in [0.1, 0.15) is 0 Å². The van der Waals surface area contributed by atoms with Gasteiger partial charge in [-0.25, -0.2) is 4.99 Å². The maximum atomic E-state index is 12.8. The third kappa shape index (κ3) is 3.06. The van der Waals surface area contributed by atoms with Gasteiger partial charge in [0.25, 0.3) is 0 Å². The van der Waals surface area contributed by atoms with Crippen LogP contribution >= 0.6 is 7.60 Å². The Bertz CT molecular complexity index is 467. The van der Waals surface area contributed by atoms with Crippen LogP contribution in [0.5, 0.6) is 0 Å². The largest absolute Gasteiger partial charge is 0.473 e. The van der Waals surface area contributed by atoms with Crippen molar-refractivity contribution < 1.29 is 18.3 Å². The average molecular weight is 283 g/mol. The Kier molecular flexibility index (Phi) is 4.75. The average Bonchev–Trinajstić information content (AvgIpc) is 2.90. The third-order valence-electron chi connectivity index (χ3n) is 2.76. The Balaban J connectivity index is 2.26. The summed E-state index contributed by atoms with van der Waals surface area (Å²) < 4.78 is 28.9. The highest BCUT2D eigenvalue weighted by Gasteiger charge is 2.45. The minimum Gasteiger partial charge on any atom is -0.473 e. The van der Waals surface area contributed by atoms with E-state index in [0.717, 1.165) is 5.56 Å². The molecule has 104 valence electrons. The molecule has 2 rings (SSSR count). The van der Waals surface area contributed by atoms with Crippen molar-refractivity contribution in [1.82, 2.24) is 0 Å². The predicted molar refractivity (Wildman–Crippen MR) is 73.4 cm³/mol. The van der Waals surface area contributed by atoms with Crippen molar-refractivity contribution in [2.75, 3.05) is 13.2 Å². The lowest BCUT2D eigenvalue weighted by Gasteiger charge is -2.25. The number of hydrogen-bond acceptors (Lipinski definition) is 5. The summed E-state index contributed by atoms with van der Waals surface area (Å²) in [6.45, 7) is 4.18. The molecule has 0 bridgehead atoms. The molecule has 1 aliphatic heterocycles. The number of rotatable bonds is 6. The molecular formula is C13H18NO4P. The molecule has 5 nitrogen and oxygen atoms in total. The Labute approximate surface area is 113 Å². The molecule has 0 radical (unpaired) electrons. The smallest absolute Gasteiger partial charge is 0.359 e. The lowest BCUT2D eigenvalue weighted by Crippen LogP contribution is -2.17. The molecular weight excluding hydrogens is 265 g/mol. The van der Waals surface area contributed by atoms with Crippen molar-refractivity contribution >= 4 is 14.0 Å². The summed E-state index contributed by atoms with van der Waals surface area (Å²) in [6.07, 6.45) is 0.901. The summed E-state index contributed by atoms with van der Waals surface area (Å²) in [6, 6.07) is 9.54. The SMILES string of the molecule is CCOP(=O)(OCC)[C@H]1N=CO[C@@H]1c1ccccc1.